The summed E-state index contributed by atoms with van der Waals surface area (Å²) < 4.78 is 5.21. The van der Waals surface area contributed by atoms with Crippen LogP contribution in [0.2, 0.25) is 5.02 Å². The second kappa shape index (κ2) is 6.30. The van der Waals surface area contributed by atoms with E-state index in [-0.39, 0.29) is 11.8 Å². The monoisotopic (exact) mass is 289 g/mol. The first-order valence-corrected chi connectivity index (χ1v) is 6.48. The lowest BCUT2D eigenvalue weighted by molar-refractivity contribution is -0.128. The molecule has 0 saturated carbocycles. The number of carbonyl (C=O) groups is 1. The maximum atomic E-state index is 11.9. The molecule has 1 aromatic carbocycles. The molecule has 0 saturated heterocycles. The molecule has 1 aromatic rings. The largest absolute Gasteiger partial charge is 0.496 e. The molecular weight excluding hydrogens is 273 g/mol. The molecule has 0 aliphatic rings. The molecule has 1 rings (SSSR count). The van der Waals surface area contributed by atoms with Gasteiger partial charge in [-0.3, -0.25) is 4.79 Å². The van der Waals surface area contributed by atoms with Crippen molar-refractivity contribution in [2.45, 2.75) is 20.4 Å². The Morgan fingerprint density at radius 2 is 2.11 bits per heavy atom. The van der Waals surface area contributed by atoms with Crippen molar-refractivity contribution >= 4 is 29.1 Å². The lowest BCUT2D eigenvalue weighted by atomic mass is 9.95. The summed E-state index contributed by atoms with van der Waals surface area (Å²) in [5.74, 6) is 0.869. The SMILES string of the molecule is COc1ccc(Cl)cc1CNC(=O)C(C)(C)CCl. The number of hydrogen-bond acceptors (Lipinski definition) is 2. The summed E-state index contributed by atoms with van der Waals surface area (Å²) in [6, 6.07) is 5.29. The summed E-state index contributed by atoms with van der Waals surface area (Å²) in [6.07, 6.45) is 0. The number of amides is 1. The third-order valence-electron chi connectivity index (χ3n) is 2.63. The standard InChI is InChI=1S/C13H17Cl2NO2/c1-13(2,8-14)12(17)16-7-9-6-10(15)4-5-11(9)18-3/h4-6H,7-8H2,1-3H3,(H,16,17). The summed E-state index contributed by atoms with van der Waals surface area (Å²) in [4.78, 5) is 11.9. The number of nitrogens with one attached hydrogen (secondary N) is 1. The minimum atomic E-state index is -0.590. The number of ether oxygens (including phenoxy) is 1. The van der Waals surface area contributed by atoms with Crippen LogP contribution in [0.5, 0.6) is 5.75 Å². The predicted octanol–water partition coefficient (Wildman–Crippen LogP) is 3.23. The fraction of sp³-hybridized carbons (Fsp3) is 0.462. The number of alkyl halides is 1. The van der Waals surface area contributed by atoms with E-state index in [1.165, 1.54) is 0 Å². The van der Waals surface area contributed by atoms with Crippen LogP contribution in [0.15, 0.2) is 18.2 Å². The zero-order chi connectivity index (χ0) is 13.8. The van der Waals surface area contributed by atoms with Crippen LogP contribution in [0.1, 0.15) is 19.4 Å². The third kappa shape index (κ3) is 3.79. The Morgan fingerprint density at radius 1 is 1.44 bits per heavy atom. The van der Waals surface area contributed by atoms with E-state index >= 15 is 0 Å². The van der Waals surface area contributed by atoms with Crippen LogP contribution in [0, 0.1) is 5.41 Å². The summed E-state index contributed by atoms with van der Waals surface area (Å²) in [6.45, 7) is 3.96. The highest BCUT2D eigenvalue weighted by Crippen LogP contribution is 2.23. The van der Waals surface area contributed by atoms with E-state index in [0.29, 0.717) is 17.3 Å². The summed E-state index contributed by atoms with van der Waals surface area (Å²) >= 11 is 11.7. The van der Waals surface area contributed by atoms with Gasteiger partial charge in [0.25, 0.3) is 0 Å². The molecule has 0 aliphatic carbocycles. The Balaban J connectivity index is 2.74. The summed E-state index contributed by atoms with van der Waals surface area (Å²) in [7, 11) is 1.58. The van der Waals surface area contributed by atoms with Crippen molar-refractivity contribution < 1.29 is 9.53 Å². The van der Waals surface area contributed by atoms with Crippen LogP contribution in [-0.4, -0.2) is 18.9 Å². The molecule has 3 nitrogen and oxygen atoms in total. The van der Waals surface area contributed by atoms with Crippen molar-refractivity contribution in [1.82, 2.24) is 5.32 Å². The number of carbonyl (C=O) groups excluding carboxylic acids is 1. The number of hydrogen-bond donors (Lipinski definition) is 1. The lowest BCUT2D eigenvalue weighted by Crippen LogP contribution is -2.37. The molecule has 100 valence electrons. The van der Waals surface area contributed by atoms with Gasteiger partial charge in [-0.1, -0.05) is 11.6 Å². The Hall–Kier alpha value is -0.930. The molecule has 1 N–H and O–H groups in total. The van der Waals surface area contributed by atoms with E-state index in [1.54, 1.807) is 39.2 Å². The van der Waals surface area contributed by atoms with Gasteiger partial charge in [-0.15, -0.1) is 11.6 Å². The summed E-state index contributed by atoms with van der Waals surface area (Å²) in [5, 5.41) is 3.44. The van der Waals surface area contributed by atoms with Gasteiger partial charge in [0, 0.05) is 23.0 Å². The molecule has 0 aliphatic heterocycles. The molecule has 0 aromatic heterocycles. The minimum Gasteiger partial charge on any atom is -0.496 e. The van der Waals surface area contributed by atoms with Gasteiger partial charge < -0.3 is 10.1 Å². The minimum absolute atomic E-state index is 0.0977. The zero-order valence-corrected chi connectivity index (χ0v) is 12.2. The van der Waals surface area contributed by atoms with Crippen molar-refractivity contribution in [2.75, 3.05) is 13.0 Å². The Morgan fingerprint density at radius 3 is 2.67 bits per heavy atom. The van der Waals surface area contributed by atoms with Crippen LogP contribution in [-0.2, 0) is 11.3 Å². The van der Waals surface area contributed by atoms with Gasteiger partial charge >= 0.3 is 0 Å². The molecule has 1 amide bonds. The van der Waals surface area contributed by atoms with Crippen LogP contribution in [0.25, 0.3) is 0 Å². The van der Waals surface area contributed by atoms with Crippen LogP contribution < -0.4 is 10.1 Å². The van der Waals surface area contributed by atoms with Crippen molar-refractivity contribution in [2.24, 2.45) is 5.41 Å². The van der Waals surface area contributed by atoms with Gasteiger partial charge in [0.1, 0.15) is 5.75 Å². The van der Waals surface area contributed by atoms with Crippen LogP contribution in [0.4, 0.5) is 0 Å². The quantitative estimate of drug-likeness (QED) is 0.845. The van der Waals surface area contributed by atoms with Gasteiger partial charge in [-0.2, -0.15) is 0 Å². The van der Waals surface area contributed by atoms with Crippen LogP contribution >= 0.6 is 23.2 Å². The number of benzene rings is 1. The molecule has 5 heteroatoms. The maximum absolute atomic E-state index is 11.9. The topological polar surface area (TPSA) is 38.3 Å². The third-order valence-corrected chi connectivity index (χ3v) is 3.53. The fourth-order valence-corrected chi connectivity index (χ4v) is 1.68. The van der Waals surface area contributed by atoms with E-state index in [9.17, 15) is 4.79 Å². The van der Waals surface area contributed by atoms with Crippen molar-refractivity contribution in [3.63, 3.8) is 0 Å². The molecule has 0 spiro atoms. The molecule has 0 heterocycles. The van der Waals surface area contributed by atoms with Gasteiger partial charge in [-0.25, -0.2) is 0 Å². The highest BCUT2D eigenvalue weighted by molar-refractivity contribution is 6.30. The highest BCUT2D eigenvalue weighted by Gasteiger charge is 2.26. The van der Waals surface area contributed by atoms with Gasteiger partial charge in [-0.05, 0) is 32.0 Å². The van der Waals surface area contributed by atoms with Gasteiger partial charge in [0.05, 0.1) is 12.5 Å². The first kappa shape index (κ1) is 15.1. The molecule has 0 atom stereocenters. The van der Waals surface area contributed by atoms with Crippen molar-refractivity contribution in [1.29, 1.82) is 0 Å². The van der Waals surface area contributed by atoms with E-state index in [0.717, 1.165) is 5.56 Å². The maximum Gasteiger partial charge on any atom is 0.227 e. The number of rotatable bonds is 5. The van der Waals surface area contributed by atoms with Gasteiger partial charge in [0.2, 0.25) is 5.91 Å². The smallest absolute Gasteiger partial charge is 0.227 e. The van der Waals surface area contributed by atoms with E-state index in [1.807, 2.05) is 0 Å². The van der Waals surface area contributed by atoms with E-state index in [4.69, 9.17) is 27.9 Å². The lowest BCUT2D eigenvalue weighted by Gasteiger charge is -2.20. The molecule has 0 bridgehead atoms. The fourth-order valence-electron chi connectivity index (χ4n) is 1.36. The Kier molecular flexibility index (Phi) is 5.29. The Labute approximate surface area is 117 Å². The number of halogens is 2. The second-order valence-corrected chi connectivity index (χ2v) is 5.36. The molecular formula is C13H17Cl2NO2. The molecule has 0 unspecified atom stereocenters. The first-order chi connectivity index (χ1) is 8.40. The molecule has 18 heavy (non-hydrogen) atoms. The van der Waals surface area contributed by atoms with Gasteiger partial charge in [0.15, 0.2) is 0 Å². The second-order valence-electron chi connectivity index (χ2n) is 4.66. The van der Waals surface area contributed by atoms with Crippen molar-refractivity contribution in [3.8, 4) is 5.75 Å². The normalized spacial score (nSPS) is 11.2. The van der Waals surface area contributed by atoms with Crippen LogP contribution in [0.3, 0.4) is 0 Å². The average molecular weight is 290 g/mol. The summed E-state index contributed by atoms with van der Waals surface area (Å²) in [5.41, 5.74) is 0.247. The molecule has 0 radical (unpaired) electrons. The number of methoxy groups -OCH3 is 1. The molecule has 0 fully saturated rings. The van der Waals surface area contributed by atoms with Crippen molar-refractivity contribution in [3.05, 3.63) is 28.8 Å². The Bertz CT molecular complexity index is 433. The first-order valence-electron chi connectivity index (χ1n) is 5.57. The van der Waals surface area contributed by atoms with E-state index < -0.39 is 5.41 Å². The predicted molar refractivity (Wildman–Crippen MR) is 74.4 cm³/mol. The highest BCUT2D eigenvalue weighted by atomic mass is 35.5. The van der Waals surface area contributed by atoms with E-state index in [2.05, 4.69) is 5.32 Å². The average Bonchev–Trinajstić information content (AvgIpc) is 2.36. The zero-order valence-electron chi connectivity index (χ0n) is 10.7.